The van der Waals surface area contributed by atoms with Crippen molar-refractivity contribution in [2.45, 2.75) is 104 Å². The fourth-order valence-electron chi connectivity index (χ4n) is 8.36. The number of halogens is 5. The number of benzene rings is 2. The highest BCUT2D eigenvalue weighted by Gasteiger charge is 2.44. The maximum Gasteiger partial charge on any atom is 0.431 e. The molecule has 0 radical (unpaired) electrons. The molecule has 0 bridgehead atoms. The number of hydrogen-bond acceptors (Lipinski definition) is 5. The van der Waals surface area contributed by atoms with Crippen LogP contribution in [0.5, 0.6) is 0 Å². The number of aromatic nitrogens is 1. The first-order valence-electron chi connectivity index (χ1n) is 18.7. The zero-order valence-electron chi connectivity index (χ0n) is 31.8. The predicted molar refractivity (Wildman–Crippen MR) is 203 cm³/mol. The molecule has 1 saturated carbocycles. The van der Waals surface area contributed by atoms with Crippen molar-refractivity contribution in [3.63, 3.8) is 0 Å². The van der Waals surface area contributed by atoms with Crippen LogP contribution < -0.4 is 16.2 Å². The Balaban J connectivity index is 1.39. The van der Waals surface area contributed by atoms with Crippen molar-refractivity contribution in [1.82, 2.24) is 20.1 Å². The number of nitrogens with one attached hydrogen (secondary N) is 2. The minimum atomic E-state index is -4.85. The molecular formula is C41H49ClF4N4O5. The molecule has 1 spiro atoms. The molecule has 1 aliphatic heterocycles. The molecule has 2 amide bonds. The Morgan fingerprint density at radius 3 is 2.16 bits per heavy atom. The summed E-state index contributed by atoms with van der Waals surface area (Å²) in [5.74, 6) is -4.17. The maximum absolute atomic E-state index is 15.8. The number of aliphatic carboxylic acids is 1. The van der Waals surface area contributed by atoms with Crippen LogP contribution in [-0.2, 0) is 22.3 Å². The van der Waals surface area contributed by atoms with Gasteiger partial charge in [0.1, 0.15) is 23.1 Å². The molecule has 5 rings (SSSR count). The molecule has 2 atom stereocenters. The van der Waals surface area contributed by atoms with Crippen LogP contribution in [0.15, 0.2) is 41.2 Å². The number of likely N-dealkylation sites (tertiary alicyclic amines) is 1. The molecule has 2 heterocycles. The number of carboxylic acids is 1. The number of rotatable bonds is 14. The van der Waals surface area contributed by atoms with Crippen molar-refractivity contribution in [3.05, 3.63) is 91.1 Å². The van der Waals surface area contributed by atoms with Gasteiger partial charge >= 0.3 is 12.1 Å². The molecule has 2 aromatic carbocycles. The number of hydrogen-bond donors (Lipinski definition) is 3. The average molecular weight is 789 g/mol. The largest absolute Gasteiger partial charge is 0.481 e. The second kappa shape index (κ2) is 16.9. The van der Waals surface area contributed by atoms with Gasteiger partial charge in [0, 0.05) is 30.2 Å². The summed E-state index contributed by atoms with van der Waals surface area (Å²) in [6.07, 6.45) is -0.582. The van der Waals surface area contributed by atoms with Gasteiger partial charge in [-0.3, -0.25) is 19.2 Å². The number of carbonyl (C=O) groups excluding carboxylic acids is 2. The molecule has 1 aliphatic carbocycles. The molecule has 14 heteroatoms. The number of alkyl halides is 3. The molecule has 3 N–H and O–H groups in total. The Morgan fingerprint density at radius 2 is 1.58 bits per heavy atom. The smallest absolute Gasteiger partial charge is 0.431 e. The zero-order chi connectivity index (χ0) is 40.4. The fraction of sp³-hybridized carbons (Fsp3) is 0.512. The topological polar surface area (TPSA) is 121 Å². The molecule has 2 fully saturated rings. The highest BCUT2D eigenvalue weighted by atomic mass is 35.5. The summed E-state index contributed by atoms with van der Waals surface area (Å²) in [5.41, 5.74) is 0.485. The van der Waals surface area contributed by atoms with E-state index in [9.17, 15) is 37.5 Å². The molecule has 55 heavy (non-hydrogen) atoms. The van der Waals surface area contributed by atoms with Gasteiger partial charge in [0.2, 0.25) is 5.91 Å². The van der Waals surface area contributed by atoms with Gasteiger partial charge in [0.25, 0.3) is 11.5 Å². The molecule has 0 unspecified atom stereocenters. The van der Waals surface area contributed by atoms with Gasteiger partial charge in [-0.25, -0.2) is 4.39 Å². The predicted octanol–water partition coefficient (Wildman–Crippen LogP) is 7.99. The van der Waals surface area contributed by atoms with Gasteiger partial charge in [-0.2, -0.15) is 13.2 Å². The van der Waals surface area contributed by atoms with Gasteiger partial charge in [0.15, 0.2) is 0 Å². The van der Waals surface area contributed by atoms with Crippen LogP contribution in [0.2, 0.25) is 5.02 Å². The van der Waals surface area contributed by atoms with E-state index in [0.29, 0.717) is 33.2 Å². The van der Waals surface area contributed by atoms with Crippen molar-refractivity contribution in [2.75, 3.05) is 19.6 Å². The van der Waals surface area contributed by atoms with Crippen LogP contribution in [0.4, 0.5) is 17.6 Å². The zero-order valence-corrected chi connectivity index (χ0v) is 32.6. The molecule has 9 nitrogen and oxygen atoms in total. The summed E-state index contributed by atoms with van der Waals surface area (Å²) in [5, 5.41) is 15.4. The van der Waals surface area contributed by atoms with Crippen LogP contribution in [0.25, 0.3) is 11.1 Å². The van der Waals surface area contributed by atoms with E-state index in [2.05, 4.69) is 15.5 Å². The molecule has 3 aromatic rings. The number of amides is 2. The summed E-state index contributed by atoms with van der Waals surface area (Å²) in [4.78, 5) is 55.3. The van der Waals surface area contributed by atoms with Crippen molar-refractivity contribution >= 4 is 29.4 Å². The number of aryl methyl sites for hydroxylation is 3. The number of pyridine rings is 1. The third kappa shape index (κ3) is 9.78. The maximum atomic E-state index is 15.8. The monoisotopic (exact) mass is 788 g/mol. The summed E-state index contributed by atoms with van der Waals surface area (Å²) in [6.45, 7) is 10.8. The van der Waals surface area contributed by atoms with E-state index >= 15 is 4.39 Å². The van der Waals surface area contributed by atoms with E-state index < -0.39 is 65.1 Å². The standard InChI is InChI=1S/C41H49ClF4N4O5/c1-23(2)15-32(38(54)47-31(20-34(51)52)30-19-27(16-26(5)36(30)43)35-24(3)17-28(42)18-25(35)4)48-37(53)29-9-10-33(41(44,45)46)50(39(29)55)14-8-13-49-21-40(22-49)11-6-7-12-40/h9-10,16-19,23,31-32H,6-8,11-15,20-22H2,1-5H3,(H,47,54)(H,48,53)(H,51,52)/t31-,32-/m0/s1. The minimum absolute atomic E-state index is 0.0221. The Hall–Kier alpha value is -4.23. The van der Waals surface area contributed by atoms with E-state index in [-0.39, 0.29) is 36.4 Å². The highest BCUT2D eigenvalue weighted by molar-refractivity contribution is 6.30. The molecule has 298 valence electrons. The number of nitrogens with zero attached hydrogens (tertiary/aromatic N) is 2. The Labute approximate surface area is 323 Å². The van der Waals surface area contributed by atoms with E-state index in [1.807, 2.05) is 13.8 Å². The van der Waals surface area contributed by atoms with Crippen LogP contribution in [0, 0.1) is 37.9 Å². The molecule has 1 aromatic heterocycles. The first-order valence-corrected chi connectivity index (χ1v) is 19.1. The lowest BCUT2D eigenvalue weighted by atomic mass is 9.78. The normalized spacial score (nSPS) is 16.6. The average Bonchev–Trinajstić information content (AvgIpc) is 3.55. The molecule has 2 aliphatic rings. The third-order valence-electron chi connectivity index (χ3n) is 10.8. The number of carbonyl (C=O) groups is 3. The lowest BCUT2D eigenvalue weighted by Crippen LogP contribution is -2.55. The van der Waals surface area contributed by atoms with Crippen molar-refractivity contribution < 1.29 is 37.1 Å². The SMILES string of the molecule is Cc1cc(-c2c(C)cc(Cl)cc2C)cc([C@H](CC(=O)O)NC(=O)[C@H](CC(C)C)NC(=O)c2ccc(C(F)(F)F)n(CCCN3CC4(CCCC4)C3)c2=O)c1F. The first kappa shape index (κ1) is 41.9. The Morgan fingerprint density at radius 1 is 0.945 bits per heavy atom. The minimum Gasteiger partial charge on any atom is -0.481 e. The Kier molecular flexibility index (Phi) is 12.9. The quantitative estimate of drug-likeness (QED) is 0.143. The second-order valence-corrected chi connectivity index (χ2v) is 16.2. The first-order chi connectivity index (χ1) is 25.8. The lowest BCUT2D eigenvalue weighted by Gasteiger charge is -2.48. The summed E-state index contributed by atoms with van der Waals surface area (Å²) < 4.78 is 58.6. The Bertz CT molecular complexity index is 1980. The van der Waals surface area contributed by atoms with Crippen LogP contribution in [0.1, 0.15) is 103 Å². The van der Waals surface area contributed by atoms with Crippen LogP contribution >= 0.6 is 11.6 Å². The van der Waals surface area contributed by atoms with Gasteiger partial charge in [-0.15, -0.1) is 0 Å². The van der Waals surface area contributed by atoms with Crippen LogP contribution in [0.3, 0.4) is 0 Å². The van der Waals surface area contributed by atoms with E-state index in [1.165, 1.54) is 25.8 Å². The number of carboxylic acid groups (broad SMARTS) is 1. The van der Waals surface area contributed by atoms with E-state index in [1.54, 1.807) is 32.0 Å². The lowest BCUT2D eigenvalue weighted by molar-refractivity contribution is -0.144. The third-order valence-corrected chi connectivity index (χ3v) is 11.0. The van der Waals surface area contributed by atoms with E-state index in [4.69, 9.17) is 11.6 Å². The fourth-order valence-corrected chi connectivity index (χ4v) is 8.69. The van der Waals surface area contributed by atoms with E-state index in [0.717, 1.165) is 48.7 Å². The van der Waals surface area contributed by atoms with Crippen molar-refractivity contribution in [1.29, 1.82) is 0 Å². The summed E-state index contributed by atoms with van der Waals surface area (Å²) in [6, 6.07) is 5.38. The summed E-state index contributed by atoms with van der Waals surface area (Å²) >= 11 is 6.23. The van der Waals surface area contributed by atoms with Crippen molar-refractivity contribution in [2.24, 2.45) is 11.3 Å². The van der Waals surface area contributed by atoms with Gasteiger partial charge < -0.3 is 25.2 Å². The van der Waals surface area contributed by atoms with Crippen LogP contribution in [-0.4, -0.2) is 58.0 Å². The van der Waals surface area contributed by atoms with Gasteiger partial charge in [-0.05, 0) is 129 Å². The van der Waals surface area contributed by atoms with Gasteiger partial charge in [-0.1, -0.05) is 38.3 Å². The molecular weight excluding hydrogens is 740 g/mol. The summed E-state index contributed by atoms with van der Waals surface area (Å²) in [7, 11) is 0. The second-order valence-electron chi connectivity index (χ2n) is 15.8. The van der Waals surface area contributed by atoms with Crippen molar-refractivity contribution in [3.8, 4) is 11.1 Å². The van der Waals surface area contributed by atoms with Gasteiger partial charge in [0.05, 0.1) is 12.5 Å². The molecule has 1 saturated heterocycles. The highest BCUT2D eigenvalue weighted by Crippen LogP contribution is 2.45.